The minimum atomic E-state index is 0.131. The molecule has 1 heterocycles. The third-order valence-electron chi connectivity index (χ3n) is 1.72. The van der Waals surface area contributed by atoms with Gasteiger partial charge in [-0.1, -0.05) is 6.07 Å². The Hall–Kier alpha value is -1.22. The maximum absolute atomic E-state index is 11.1. The number of nitrogens with zero attached hydrogens (tertiary/aromatic N) is 1. The Kier molecular flexibility index (Phi) is 4.12. The van der Waals surface area contributed by atoms with Gasteiger partial charge in [-0.15, -0.1) is 0 Å². The number of pyridine rings is 1. The number of aromatic nitrogens is 1. The normalized spacial score (nSPS) is 9.92. The second-order valence-electron chi connectivity index (χ2n) is 2.83. The Labute approximate surface area is 77.8 Å². The summed E-state index contributed by atoms with van der Waals surface area (Å²) >= 11 is 0. The first-order valence-electron chi connectivity index (χ1n) is 4.22. The molecule has 0 amide bonds. The van der Waals surface area contributed by atoms with Gasteiger partial charge < -0.3 is 4.74 Å². The van der Waals surface area contributed by atoms with Crippen molar-refractivity contribution in [2.24, 2.45) is 0 Å². The Morgan fingerprint density at radius 2 is 2.46 bits per heavy atom. The van der Waals surface area contributed by atoms with Crippen molar-refractivity contribution in [3.05, 3.63) is 30.1 Å². The van der Waals surface area contributed by atoms with E-state index in [1.165, 1.54) is 7.11 Å². The highest BCUT2D eigenvalue weighted by Gasteiger charge is 2.01. The highest BCUT2D eigenvalue weighted by Crippen LogP contribution is 2.00. The van der Waals surface area contributed by atoms with Gasteiger partial charge in [0.25, 0.3) is 0 Å². The van der Waals surface area contributed by atoms with Gasteiger partial charge in [0.2, 0.25) is 0 Å². The smallest absolute Gasteiger partial charge is 0.158 e. The molecule has 0 saturated carbocycles. The summed E-state index contributed by atoms with van der Waals surface area (Å²) in [7, 11) is 1.53. The zero-order valence-corrected chi connectivity index (χ0v) is 7.69. The number of aryl methyl sites for hydroxylation is 1. The quantitative estimate of drug-likeness (QED) is 0.682. The van der Waals surface area contributed by atoms with Crippen molar-refractivity contribution in [2.45, 2.75) is 12.8 Å². The molecule has 70 valence electrons. The van der Waals surface area contributed by atoms with Crippen LogP contribution in [0.15, 0.2) is 24.5 Å². The number of carbonyl (C=O) groups is 1. The molecule has 3 nitrogen and oxygen atoms in total. The lowest BCUT2D eigenvalue weighted by Gasteiger charge is -1.99. The minimum Gasteiger partial charge on any atom is -0.377 e. The number of hydrogen-bond donors (Lipinski definition) is 0. The number of ketones is 1. The van der Waals surface area contributed by atoms with Crippen molar-refractivity contribution in [2.75, 3.05) is 13.7 Å². The average molecular weight is 179 g/mol. The fourth-order valence-corrected chi connectivity index (χ4v) is 1.06. The van der Waals surface area contributed by atoms with Crippen molar-refractivity contribution in [3.8, 4) is 0 Å². The lowest BCUT2D eigenvalue weighted by molar-refractivity contribution is -0.122. The number of Topliss-reactive ketones (excluding diaryl/α,β-unsaturated/α-hetero) is 1. The van der Waals surface area contributed by atoms with Gasteiger partial charge in [-0.25, -0.2) is 0 Å². The summed E-state index contributed by atoms with van der Waals surface area (Å²) in [6.07, 6.45) is 4.77. The van der Waals surface area contributed by atoms with E-state index in [0.29, 0.717) is 6.42 Å². The van der Waals surface area contributed by atoms with Gasteiger partial charge in [0, 0.05) is 25.9 Å². The molecular weight excluding hydrogens is 166 g/mol. The van der Waals surface area contributed by atoms with E-state index in [-0.39, 0.29) is 12.4 Å². The molecule has 0 radical (unpaired) electrons. The van der Waals surface area contributed by atoms with Crippen LogP contribution in [0.2, 0.25) is 0 Å². The topological polar surface area (TPSA) is 39.2 Å². The van der Waals surface area contributed by atoms with E-state index in [1.807, 2.05) is 12.1 Å². The molecule has 0 aliphatic heterocycles. The molecule has 3 heteroatoms. The maximum Gasteiger partial charge on any atom is 0.158 e. The molecule has 0 atom stereocenters. The summed E-state index contributed by atoms with van der Waals surface area (Å²) in [4.78, 5) is 15.0. The Bertz CT molecular complexity index is 259. The van der Waals surface area contributed by atoms with Crippen molar-refractivity contribution in [3.63, 3.8) is 0 Å². The number of hydrogen-bond acceptors (Lipinski definition) is 3. The van der Waals surface area contributed by atoms with E-state index in [4.69, 9.17) is 4.74 Å². The maximum atomic E-state index is 11.1. The molecule has 0 N–H and O–H groups in total. The number of ether oxygens (including phenoxy) is 1. The Morgan fingerprint density at radius 3 is 3.08 bits per heavy atom. The second-order valence-corrected chi connectivity index (χ2v) is 2.83. The summed E-state index contributed by atoms with van der Waals surface area (Å²) in [6, 6.07) is 3.84. The van der Waals surface area contributed by atoms with E-state index >= 15 is 0 Å². The molecule has 13 heavy (non-hydrogen) atoms. The highest BCUT2D eigenvalue weighted by atomic mass is 16.5. The predicted molar refractivity (Wildman–Crippen MR) is 49.4 cm³/mol. The Morgan fingerprint density at radius 1 is 1.62 bits per heavy atom. The number of rotatable bonds is 5. The molecule has 0 aliphatic rings. The van der Waals surface area contributed by atoms with Crippen LogP contribution in [0.4, 0.5) is 0 Å². The zero-order valence-electron chi connectivity index (χ0n) is 7.69. The molecule has 1 aromatic heterocycles. The lowest BCUT2D eigenvalue weighted by atomic mass is 10.1. The van der Waals surface area contributed by atoms with Crippen molar-refractivity contribution >= 4 is 5.78 Å². The van der Waals surface area contributed by atoms with Gasteiger partial charge in [0.15, 0.2) is 5.78 Å². The van der Waals surface area contributed by atoms with Crippen LogP contribution >= 0.6 is 0 Å². The second kappa shape index (κ2) is 5.43. The fourth-order valence-electron chi connectivity index (χ4n) is 1.06. The van der Waals surface area contributed by atoms with Gasteiger partial charge in [0.1, 0.15) is 6.61 Å². The lowest BCUT2D eigenvalue weighted by Crippen LogP contribution is -2.07. The molecule has 1 rings (SSSR count). The van der Waals surface area contributed by atoms with Crippen LogP contribution in [0.3, 0.4) is 0 Å². The van der Waals surface area contributed by atoms with E-state index < -0.39 is 0 Å². The van der Waals surface area contributed by atoms with E-state index in [2.05, 4.69) is 4.98 Å². The summed E-state index contributed by atoms with van der Waals surface area (Å²) < 4.78 is 4.73. The third-order valence-corrected chi connectivity index (χ3v) is 1.72. The molecule has 0 saturated heterocycles. The van der Waals surface area contributed by atoms with Gasteiger partial charge in [-0.2, -0.15) is 0 Å². The van der Waals surface area contributed by atoms with E-state index in [9.17, 15) is 4.79 Å². The first-order chi connectivity index (χ1) is 6.33. The van der Waals surface area contributed by atoms with Crippen molar-refractivity contribution in [1.29, 1.82) is 0 Å². The third kappa shape index (κ3) is 3.80. The molecular formula is C10H13NO2. The van der Waals surface area contributed by atoms with Gasteiger partial charge in [-0.3, -0.25) is 9.78 Å². The molecule has 0 unspecified atom stereocenters. The summed E-state index contributed by atoms with van der Waals surface area (Å²) in [5, 5.41) is 0. The molecule has 0 aromatic carbocycles. The molecule has 0 bridgehead atoms. The van der Waals surface area contributed by atoms with Gasteiger partial charge in [0.05, 0.1) is 0 Å². The number of carbonyl (C=O) groups excluding carboxylic acids is 1. The summed E-state index contributed by atoms with van der Waals surface area (Å²) in [5.41, 5.74) is 1.09. The van der Waals surface area contributed by atoms with Gasteiger partial charge >= 0.3 is 0 Å². The van der Waals surface area contributed by atoms with E-state index in [1.54, 1.807) is 12.4 Å². The van der Waals surface area contributed by atoms with E-state index in [0.717, 1.165) is 12.0 Å². The first kappa shape index (κ1) is 9.86. The van der Waals surface area contributed by atoms with Crippen LogP contribution in [-0.4, -0.2) is 24.5 Å². The zero-order chi connectivity index (χ0) is 9.52. The SMILES string of the molecule is COCC(=O)CCc1cccnc1. The van der Waals surface area contributed by atoms with Crippen LogP contribution in [0.1, 0.15) is 12.0 Å². The number of methoxy groups -OCH3 is 1. The molecule has 0 aliphatic carbocycles. The van der Waals surface area contributed by atoms with Crippen LogP contribution in [-0.2, 0) is 16.0 Å². The first-order valence-corrected chi connectivity index (χ1v) is 4.22. The fraction of sp³-hybridized carbons (Fsp3) is 0.400. The van der Waals surface area contributed by atoms with Crippen LogP contribution in [0.5, 0.6) is 0 Å². The molecule has 0 fully saturated rings. The standard InChI is InChI=1S/C10H13NO2/c1-13-8-10(12)5-4-9-3-2-6-11-7-9/h2-3,6-7H,4-5,8H2,1H3. The predicted octanol–water partition coefficient (Wildman–Crippen LogP) is 1.23. The highest BCUT2D eigenvalue weighted by molar-refractivity contribution is 5.79. The molecule has 1 aromatic rings. The minimum absolute atomic E-state index is 0.131. The largest absolute Gasteiger partial charge is 0.377 e. The average Bonchev–Trinajstić information content (AvgIpc) is 2.17. The van der Waals surface area contributed by atoms with Crippen LogP contribution < -0.4 is 0 Å². The van der Waals surface area contributed by atoms with Crippen molar-refractivity contribution in [1.82, 2.24) is 4.98 Å². The monoisotopic (exact) mass is 179 g/mol. The van der Waals surface area contributed by atoms with Crippen LogP contribution in [0.25, 0.3) is 0 Å². The van der Waals surface area contributed by atoms with Crippen LogP contribution in [0, 0.1) is 0 Å². The summed E-state index contributed by atoms with van der Waals surface area (Å²) in [5.74, 6) is 0.131. The van der Waals surface area contributed by atoms with Gasteiger partial charge in [-0.05, 0) is 18.1 Å². The van der Waals surface area contributed by atoms with Crippen molar-refractivity contribution < 1.29 is 9.53 Å². The summed E-state index contributed by atoms with van der Waals surface area (Å²) in [6.45, 7) is 0.209. The Balaban J connectivity index is 2.31. The molecule has 0 spiro atoms.